The van der Waals surface area contributed by atoms with Gasteiger partial charge in [0.05, 0.1) is 5.75 Å². The van der Waals surface area contributed by atoms with E-state index in [0.717, 1.165) is 10.9 Å². The Hall–Kier alpha value is -3.19. The summed E-state index contributed by atoms with van der Waals surface area (Å²) in [5.74, 6) is 1.76. The lowest BCUT2D eigenvalue weighted by molar-refractivity contribution is 0.102. The highest BCUT2D eigenvalue weighted by molar-refractivity contribution is 7.99. The Balaban J connectivity index is 1.41. The molecule has 28 heavy (non-hydrogen) atoms. The Bertz CT molecular complexity index is 1110. The summed E-state index contributed by atoms with van der Waals surface area (Å²) in [6.07, 6.45) is 1.75. The highest BCUT2D eigenvalue weighted by atomic mass is 32.2. The van der Waals surface area contributed by atoms with Crippen molar-refractivity contribution in [3.8, 4) is 5.75 Å². The maximum absolute atomic E-state index is 12.3. The van der Waals surface area contributed by atoms with Gasteiger partial charge >= 0.3 is 0 Å². The molecule has 7 heteroatoms. The minimum absolute atomic E-state index is 0.0632. The van der Waals surface area contributed by atoms with Crippen molar-refractivity contribution >= 4 is 28.4 Å². The number of carbonyl (C=O) groups excluding carboxylic acids is 1. The van der Waals surface area contributed by atoms with Gasteiger partial charge in [-0.15, -0.1) is 10.2 Å². The van der Waals surface area contributed by atoms with Gasteiger partial charge in [0.1, 0.15) is 17.9 Å². The molecule has 0 radical (unpaired) electrons. The number of hydrogen-bond acceptors (Lipinski definition) is 6. The average molecular weight is 390 g/mol. The Morgan fingerprint density at radius 3 is 2.71 bits per heavy atom. The van der Waals surface area contributed by atoms with Crippen molar-refractivity contribution in [1.29, 1.82) is 0 Å². The van der Waals surface area contributed by atoms with Gasteiger partial charge in [-0.2, -0.15) is 0 Å². The van der Waals surface area contributed by atoms with Gasteiger partial charge in [0.2, 0.25) is 0 Å². The van der Waals surface area contributed by atoms with Crippen molar-refractivity contribution in [1.82, 2.24) is 19.7 Å². The number of rotatable bonds is 7. The number of benzene rings is 2. The molecule has 0 spiro atoms. The predicted molar refractivity (Wildman–Crippen MR) is 109 cm³/mol. The van der Waals surface area contributed by atoms with Gasteiger partial charge in [0.25, 0.3) is 0 Å². The van der Waals surface area contributed by atoms with Crippen molar-refractivity contribution in [3.05, 3.63) is 78.2 Å². The van der Waals surface area contributed by atoms with Gasteiger partial charge < -0.3 is 9.30 Å². The van der Waals surface area contributed by atoms with E-state index in [9.17, 15) is 4.79 Å². The number of hydrogen-bond donors (Lipinski definition) is 0. The topological polar surface area (TPSA) is 69.9 Å². The van der Waals surface area contributed by atoms with Crippen LogP contribution in [0.2, 0.25) is 0 Å². The van der Waals surface area contributed by atoms with E-state index in [2.05, 4.69) is 15.2 Å². The van der Waals surface area contributed by atoms with E-state index in [1.807, 2.05) is 72.3 Å². The van der Waals surface area contributed by atoms with Crippen LogP contribution in [0.25, 0.3) is 10.9 Å². The molecule has 0 aliphatic rings. The maximum atomic E-state index is 12.3. The van der Waals surface area contributed by atoms with Crippen LogP contribution >= 0.6 is 11.8 Å². The molecule has 0 unspecified atom stereocenters. The standard InChI is InChI=1S/C21H18N4O2S/c1-25-19(13-27-18-11-5-9-16-10-6-12-22-20(16)18)23-24-21(25)28-14-17(26)15-7-3-2-4-8-15/h2-12H,13-14H2,1H3. The van der Waals surface area contributed by atoms with Crippen LogP contribution in [0.1, 0.15) is 16.2 Å². The van der Waals surface area contributed by atoms with Crippen LogP contribution in [0.5, 0.6) is 5.75 Å². The second-order valence-corrected chi connectivity index (χ2v) is 7.10. The zero-order valence-corrected chi connectivity index (χ0v) is 16.1. The van der Waals surface area contributed by atoms with Crippen LogP contribution in [0, 0.1) is 0 Å². The van der Waals surface area contributed by atoms with Crippen LogP contribution in [0.3, 0.4) is 0 Å². The van der Waals surface area contributed by atoms with Crippen molar-refractivity contribution in [2.75, 3.05) is 5.75 Å². The molecule has 0 saturated heterocycles. The minimum Gasteiger partial charge on any atom is -0.483 e. The molecule has 2 aromatic heterocycles. The number of carbonyl (C=O) groups is 1. The second-order valence-electron chi connectivity index (χ2n) is 6.16. The normalized spacial score (nSPS) is 10.9. The zero-order chi connectivity index (χ0) is 19.3. The molecule has 0 aliphatic heterocycles. The second kappa shape index (κ2) is 8.22. The number of fused-ring (bicyclic) bond motifs is 1. The molecule has 4 aromatic rings. The lowest BCUT2D eigenvalue weighted by atomic mass is 10.2. The molecular formula is C21H18N4O2S. The molecule has 2 heterocycles. The Morgan fingerprint density at radius 2 is 1.86 bits per heavy atom. The fourth-order valence-electron chi connectivity index (χ4n) is 2.77. The Kier molecular flexibility index (Phi) is 5.34. The zero-order valence-electron chi connectivity index (χ0n) is 15.3. The summed E-state index contributed by atoms with van der Waals surface area (Å²) in [5.41, 5.74) is 1.51. The van der Waals surface area contributed by atoms with E-state index >= 15 is 0 Å². The van der Waals surface area contributed by atoms with Crippen LogP contribution in [-0.4, -0.2) is 31.3 Å². The van der Waals surface area contributed by atoms with E-state index in [1.165, 1.54) is 11.8 Å². The van der Waals surface area contributed by atoms with E-state index in [0.29, 0.717) is 28.0 Å². The summed E-state index contributed by atoms with van der Waals surface area (Å²) < 4.78 is 7.78. The van der Waals surface area contributed by atoms with Gasteiger partial charge in [-0.25, -0.2) is 0 Å². The highest BCUT2D eigenvalue weighted by Gasteiger charge is 2.13. The number of aromatic nitrogens is 4. The average Bonchev–Trinajstić information content (AvgIpc) is 3.10. The predicted octanol–water partition coefficient (Wildman–Crippen LogP) is 3.92. The maximum Gasteiger partial charge on any atom is 0.191 e. The molecule has 6 nitrogen and oxygen atoms in total. The molecule has 4 rings (SSSR count). The summed E-state index contributed by atoms with van der Waals surface area (Å²) in [6, 6.07) is 19.0. The highest BCUT2D eigenvalue weighted by Crippen LogP contribution is 2.24. The summed E-state index contributed by atoms with van der Waals surface area (Å²) >= 11 is 1.37. The molecule has 0 saturated carbocycles. The first-order valence-corrected chi connectivity index (χ1v) is 9.77. The number of para-hydroxylation sites is 1. The van der Waals surface area contributed by atoms with Crippen LogP contribution in [0.15, 0.2) is 72.0 Å². The third kappa shape index (κ3) is 3.89. The van der Waals surface area contributed by atoms with Crippen molar-refractivity contribution < 1.29 is 9.53 Å². The summed E-state index contributed by atoms with van der Waals surface area (Å²) in [5, 5.41) is 10.1. The van der Waals surface area contributed by atoms with E-state index in [1.54, 1.807) is 6.20 Å². The number of nitrogens with zero attached hydrogens (tertiary/aromatic N) is 4. The van der Waals surface area contributed by atoms with E-state index < -0.39 is 0 Å². The lowest BCUT2D eigenvalue weighted by Gasteiger charge is -2.08. The van der Waals surface area contributed by atoms with Crippen molar-refractivity contribution in [2.24, 2.45) is 7.05 Å². The van der Waals surface area contributed by atoms with Crippen molar-refractivity contribution in [3.63, 3.8) is 0 Å². The van der Waals surface area contributed by atoms with Gasteiger partial charge in [-0.3, -0.25) is 9.78 Å². The SMILES string of the molecule is Cn1c(COc2cccc3cccnc23)nnc1SCC(=O)c1ccccc1. The number of ether oxygens (including phenoxy) is 1. The molecule has 0 fully saturated rings. The summed E-state index contributed by atoms with van der Waals surface area (Å²) in [4.78, 5) is 16.7. The molecular weight excluding hydrogens is 372 g/mol. The number of thioether (sulfide) groups is 1. The first-order valence-electron chi connectivity index (χ1n) is 8.78. The number of Topliss-reactive ketones (excluding diaryl/α,β-unsaturated/α-hetero) is 1. The van der Waals surface area contributed by atoms with E-state index in [-0.39, 0.29) is 12.4 Å². The van der Waals surface area contributed by atoms with Crippen LogP contribution in [-0.2, 0) is 13.7 Å². The van der Waals surface area contributed by atoms with E-state index in [4.69, 9.17) is 4.74 Å². The van der Waals surface area contributed by atoms with Crippen molar-refractivity contribution in [2.45, 2.75) is 11.8 Å². The monoisotopic (exact) mass is 390 g/mol. The fraction of sp³-hybridized carbons (Fsp3) is 0.143. The molecule has 0 aliphatic carbocycles. The molecule has 140 valence electrons. The quantitative estimate of drug-likeness (QED) is 0.352. The smallest absolute Gasteiger partial charge is 0.191 e. The Labute approximate surface area is 166 Å². The molecule has 0 atom stereocenters. The fourth-order valence-corrected chi connectivity index (χ4v) is 3.59. The molecule has 0 N–H and O–H groups in total. The van der Waals surface area contributed by atoms with Gasteiger partial charge in [0.15, 0.2) is 16.8 Å². The molecule has 0 amide bonds. The molecule has 2 aromatic carbocycles. The van der Waals surface area contributed by atoms with Gasteiger partial charge in [-0.1, -0.05) is 60.3 Å². The molecule has 0 bridgehead atoms. The third-order valence-corrected chi connectivity index (χ3v) is 5.33. The summed E-state index contributed by atoms with van der Waals surface area (Å²) in [6.45, 7) is 0.270. The largest absolute Gasteiger partial charge is 0.483 e. The number of ketones is 1. The van der Waals surface area contributed by atoms with Crippen LogP contribution < -0.4 is 4.74 Å². The third-order valence-electron chi connectivity index (χ3n) is 4.31. The lowest BCUT2D eigenvalue weighted by Crippen LogP contribution is -2.06. The minimum atomic E-state index is 0.0632. The first-order chi connectivity index (χ1) is 13.7. The van der Waals surface area contributed by atoms with Gasteiger partial charge in [0, 0.05) is 24.2 Å². The Morgan fingerprint density at radius 1 is 1.04 bits per heavy atom. The first kappa shape index (κ1) is 18.2. The van der Waals surface area contributed by atoms with Gasteiger partial charge in [-0.05, 0) is 12.1 Å². The van der Waals surface area contributed by atoms with Crippen LogP contribution in [0.4, 0.5) is 0 Å². The number of pyridine rings is 1. The summed E-state index contributed by atoms with van der Waals surface area (Å²) in [7, 11) is 1.87.